The van der Waals surface area contributed by atoms with Gasteiger partial charge in [0.1, 0.15) is 6.26 Å². The molecule has 0 fully saturated rings. The van der Waals surface area contributed by atoms with Crippen LogP contribution in [0.25, 0.3) is 11.1 Å². The highest BCUT2D eigenvalue weighted by Crippen LogP contribution is 2.19. The Morgan fingerprint density at radius 2 is 1.55 bits per heavy atom. The van der Waals surface area contributed by atoms with Crippen molar-refractivity contribution in [2.75, 3.05) is 0 Å². The molecule has 0 atom stereocenters. The zero-order chi connectivity index (χ0) is 13.6. The molecule has 0 saturated carbocycles. The number of rotatable bonds is 5. The molecule has 1 N–H and O–H groups in total. The van der Waals surface area contributed by atoms with Crippen molar-refractivity contribution in [2.24, 2.45) is 0 Å². The van der Waals surface area contributed by atoms with Crippen molar-refractivity contribution in [3.63, 3.8) is 0 Å². The van der Waals surface area contributed by atoms with E-state index in [2.05, 4.69) is 59.0 Å². The van der Waals surface area contributed by atoms with Gasteiger partial charge in [0, 0.05) is 19.2 Å². The summed E-state index contributed by atoms with van der Waals surface area (Å²) in [4.78, 5) is 0. The highest BCUT2D eigenvalue weighted by molar-refractivity contribution is 5.63. The van der Waals surface area contributed by atoms with Gasteiger partial charge in [-0.1, -0.05) is 59.8 Å². The summed E-state index contributed by atoms with van der Waals surface area (Å²) in [6, 6.07) is 20.9. The van der Waals surface area contributed by atoms with Gasteiger partial charge in [-0.05, 0) is 16.7 Å². The number of nitrogens with one attached hydrogen (secondary N) is 1. The second-order valence-corrected chi connectivity index (χ2v) is 4.66. The lowest BCUT2D eigenvalue weighted by Gasteiger charge is -2.05. The minimum atomic E-state index is 0.719. The molecule has 0 amide bonds. The molecule has 3 rings (SSSR count). The molecule has 1 aromatic heterocycles. The molecule has 100 valence electrons. The van der Waals surface area contributed by atoms with Gasteiger partial charge < -0.3 is 9.84 Å². The minimum absolute atomic E-state index is 0.719. The first kappa shape index (κ1) is 12.6. The highest BCUT2D eigenvalue weighted by atomic mass is 16.5. The summed E-state index contributed by atoms with van der Waals surface area (Å²) < 4.78 is 4.79. The molecule has 20 heavy (non-hydrogen) atoms. The summed E-state index contributed by atoms with van der Waals surface area (Å²) in [6.45, 7) is 1.54. The second kappa shape index (κ2) is 6.17. The third-order valence-corrected chi connectivity index (χ3v) is 3.19. The van der Waals surface area contributed by atoms with Gasteiger partial charge in [-0.2, -0.15) is 0 Å². The number of nitrogens with zero attached hydrogens (tertiary/aromatic N) is 1. The van der Waals surface area contributed by atoms with Crippen LogP contribution >= 0.6 is 0 Å². The Hall–Kier alpha value is -2.39. The third kappa shape index (κ3) is 3.13. The molecule has 3 heteroatoms. The topological polar surface area (TPSA) is 38.1 Å². The smallest absolute Gasteiger partial charge is 0.124 e. The van der Waals surface area contributed by atoms with E-state index in [1.54, 1.807) is 6.26 Å². The zero-order valence-corrected chi connectivity index (χ0v) is 11.1. The predicted molar refractivity (Wildman–Crippen MR) is 78.9 cm³/mol. The van der Waals surface area contributed by atoms with E-state index in [0.717, 1.165) is 18.8 Å². The quantitative estimate of drug-likeness (QED) is 0.764. The fourth-order valence-corrected chi connectivity index (χ4v) is 2.11. The lowest BCUT2D eigenvalue weighted by molar-refractivity contribution is 0.408. The van der Waals surface area contributed by atoms with Crippen molar-refractivity contribution in [3.05, 3.63) is 78.2 Å². The van der Waals surface area contributed by atoms with Crippen LogP contribution < -0.4 is 5.32 Å². The van der Waals surface area contributed by atoms with Gasteiger partial charge in [0.05, 0.1) is 5.69 Å². The van der Waals surface area contributed by atoms with Crippen LogP contribution in [0.3, 0.4) is 0 Å². The lowest BCUT2D eigenvalue weighted by atomic mass is 10.0. The molecule has 0 unspecified atom stereocenters. The van der Waals surface area contributed by atoms with Crippen LogP contribution in [0.2, 0.25) is 0 Å². The molecule has 3 nitrogen and oxygen atoms in total. The molecule has 0 saturated heterocycles. The molecule has 0 aliphatic rings. The average Bonchev–Trinajstić information content (AvgIpc) is 3.02. The SMILES string of the molecule is c1ccc(-c2ccc(CNCc3ccon3)cc2)cc1. The van der Waals surface area contributed by atoms with E-state index in [1.807, 2.05) is 12.1 Å². The molecule has 0 radical (unpaired) electrons. The Morgan fingerprint density at radius 1 is 0.800 bits per heavy atom. The Kier molecular flexibility index (Phi) is 3.90. The third-order valence-electron chi connectivity index (χ3n) is 3.19. The number of aromatic nitrogens is 1. The van der Waals surface area contributed by atoms with Crippen LogP contribution in [0, 0.1) is 0 Å². The van der Waals surface area contributed by atoms with E-state index in [-0.39, 0.29) is 0 Å². The van der Waals surface area contributed by atoms with E-state index in [1.165, 1.54) is 16.7 Å². The first-order valence-electron chi connectivity index (χ1n) is 6.66. The average molecular weight is 264 g/mol. The van der Waals surface area contributed by atoms with Crippen molar-refractivity contribution in [2.45, 2.75) is 13.1 Å². The summed E-state index contributed by atoms with van der Waals surface area (Å²) in [5, 5.41) is 7.20. The van der Waals surface area contributed by atoms with Crippen molar-refractivity contribution < 1.29 is 4.52 Å². The maximum absolute atomic E-state index is 4.79. The fourth-order valence-electron chi connectivity index (χ4n) is 2.11. The Morgan fingerprint density at radius 3 is 2.25 bits per heavy atom. The zero-order valence-electron chi connectivity index (χ0n) is 11.1. The summed E-state index contributed by atoms with van der Waals surface area (Å²) in [7, 11) is 0. The maximum atomic E-state index is 4.79. The molecule has 0 bridgehead atoms. The van der Waals surface area contributed by atoms with Crippen LogP contribution in [0.5, 0.6) is 0 Å². The van der Waals surface area contributed by atoms with Gasteiger partial charge in [0.25, 0.3) is 0 Å². The van der Waals surface area contributed by atoms with Crippen molar-refractivity contribution >= 4 is 0 Å². The molecular weight excluding hydrogens is 248 g/mol. The maximum Gasteiger partial charge on any atom is 0.124 e. The second-order valence-electron chi connectivity index (χ2n) is 4.66. The number of hydrogen-bond donors (Lipinski definition) is 1. The Bertz CT molecular complexity index is 631. The molecule has 1 heterocycles. The van der Waals surface area contributed by atoms with Gasteiger partial charge in [0.2, 0.25) is 0 Å². The summed E-state index contributed by atoms with van der Waals surface area (Å²) in [6.07, 6.45) is 1.59. The van der Waals surface area contributed by atoms with Gasteiger partial charge in [0.15, 0.2) is 0 Å². The van der Waals surface area contributed by atoms with Gasteiger partial charge in [-0.15, -0.1) is 0 Å². The summed E-state index contributed by atoms with van der Waals surface area (Å²) >= 11 is 0. The first-order chi connectivity index (χ1) is 9.92. The van der Waals surface area contributed by atoms with Crippen LogP contribution in [0.15, 0.2) is 71.4 Å². The fraction of sp³-hybridized carbons (Fsp3) is 0.118. The van der Waals surface area contributed by atoms with Crippen LogP contribution in [-0.2, 0) is 13.1 Å². The van der Waals surface area contributed by atoms with Crippen molar-refractivity contribution in [3.8, 4) is 11.1 Å². The van der Waals surface area contributed by atoms with E-state index in [4.69, 9.17) is 4.52 Å². The van der Waals surface area contributed by atoms with E-state index in [9.17, 15) is 0 Å². The van der Waals surface area contributed by atoms with Gasteiger partial charge >= 0.3 is 0 Å². The monoisotopic (exact) mass is 264 g/mol. The molecule has 3 aromatic rings. The Balaban J connectivity index is 1.59. The Labute approximate surface area is 118 Å². The minimum Gasteiger partial charge on any atom is -0.364 e. The first-order valence-corrected chi connectivity index (χ1v) is 6.66. The predicted octanol–water partition coefficient (Wildman–Crippen LogP) is 3.63. The number of hydrogen-bond acceptors (Lipinski definition) is 3. The van der Waals surface area contributed by atoms with Crippen molar-refractivity contribution in [1.82, 2.24) is 10.5 Å². The normalized spacial score (nSPS) is 10.6. The molecule has 0 spiro atoms. The largest absolute Gasteiger partial charge is 0.364 e. The lowest BCUT2D eigenvalue weighted by Crippen LogP contribution is -2.12. The van der Waals surface area contributed by atoms with E-state index < -0.39 is 0 Å². The van der Waals surface area contributed by atoms with Crippen LogP contribution in [0.4, 0.5) is 0 Å². The summed E-state index contributed by atoms with van der Waals surface area (Å²) in [5.41, 5.74) is 4.67. The highest BCUT2D eigenvalue weighted by Gasteiger charge is 1.99. The van der Waals surface area contributed by atoms with Gasteiger partial charge in [-0.3, -0.25) is 0 Å². The van der Waals surface area contributed by atoms with Gasteiger partial charge in [-0.25, -0.2) is 0 Å². The standard InChI is InChI=1S/C17H16N2O/c1-2-4-15(5-3-1)16-8-6-14(7-9-16)12-18-13-17-10-11-20-19-17/h1-11,18H,12-13H2. The number of benzene rings is 2. The van der Waals surface area contributed by atoms with E-state index in [0.29, 0.717) is 0 Å². The molecule has 0 aliphatic heterocycles. The van der Waals surface area contributed by atoms with E-state index >= 15 is 0 Å². The van der Waals surface area contributed by atoms with Crippen LogP contribution in [-0.4, -0.2) is 5.16 Å². The van der Waals surface area contributed by atoms with Crippen LogP contribution in [0.1, 0.15) is 11.3 Å². The summed E-state index contributed by atoms with van der Waals surface area (Å²) in [5.74, 6) is 0. The molecule has 0 aliphatic carbocycles. The molecule has 2 aromatic carbocycles. The van der Waals surface area contributed by atoms with Crippen molar-refractivity contribution in [1.29, 1.82) is 0 Å². The molecular formula is C17H16N2O.